The van der Waals surface area contributed by atoms with Crippen molar-refractivity contribution in [3.63, 3.8) is 0 Å². The van der Waals surface area contributed by atoms with Crippen LogP contribution in [0.1, 0.15) is 0 Å². The molecule has 2 rings (SSSR count). The van der Waals surface area contributed by atoms with E-state index in [0.29, 0.717) is 5.39 Å². The molecular weight excluding hydrogens is 295 g/mol. The molecule has 1 radical (unpaired) electrons. The van der Waals surface area contributed by atoms with Crippen LogP contribution in [0.2, 0.25) is 0 Å². The van der Waals surface area contributed by atoms with Gasteiger partial charge in [-0.25, -0.2) is 8.42 Å². The van der Waals surface area contributed by atoms with Crippen LogP contribution in [-0.4, -0.2) is 52.1 Å². The number of nitrogens with zero attached hydrogens (tertiary/aromatic N) is 1. The Bertz CT molecular complexity index is 689. The van der Waals surface area contributed by atoms with Crippen LogP contribution < -0.4 is 9.14 Å². The van der Waals surface area contributed by atoms with Crippen molar-refractivity contribution in [1.82, 2.24) is 4.24 Å². The molecule has 0 atom stereocenters. The average molecular weight is 308 g/mol. The van der Waals surface area contributed by atoms with Crippen molar-refractivity contribution in [3.05, 3.63) is 36.4 Å². The number of nitrogens with one attached hydrogen (secondary N) is 1. The smallest absolute Gasteiger partial charge is 0.254 e. The fourth-order valence-corrected chi connectivity index (χ4v) is 2.99. The molecule has 97 valence electrons. The number of benzene rings is 2. The van der Waals surface area contributed by atoms with E-state index < -0.39 is 10.0 Å². The summed E-state index contributed by atoms with van der Waals surface area (Å²) in [5.41, 5.74) is 0.958. The van der Waals surface area contributed by atoms with Gasteiger partial charge in [0.15, 0.2) is 0 Å². The molecule has 7 heteroatoms. The maximum Gasteiger partial charge on any atom is 0.254 e. The Kier molecular flexibility index (Phi) is 5.67. The van der Waals surface area contributed by atoms with Crippen molar-refractivity contribution in [3.8, 4) is 0 Å². The van der Waals surface area contributed by atoms with E-state index in [9.17, 15) is 8.42 Å². The molecule has 0 unspecified atom stereocenters. The van der Waals surface area contributed by atoms with E-state index in [1.54, 1.807) is 12.1 Å². The third-order valence-corrected chi connectivity index (χ3v) is 4.48. The van der Waals surface area contributed by atoms with Gasteiger partial charge in [-0.2, -0.15) is 0 Å². The van der Waals surface area contributed by atoms with Crippen LogP contribution in [0.25, 0.3) is 10.8 Å². The molecule has 0 saturated carbocycles. The summed E-state index contributed by atoms with van der Waals surface area (Å²) in [5.74, 6) is 0. The maximum atomic E-state index is 11.8. The molecule has 1 N–H and O–H groups in total. The van der Waals surface area contributed by atoms with Crippen LogP contribution in [0.4, 0.5) is 5.69 Å². The third-order valence-electron chi connectivity index (χ3n) is 2.73. The number of sulfonamides is 1. The van der Waals surface area contributed by atoms with E-state index in [1.807, 2.05) is 41.4 Å². The largest absolute Gasteiger partial charge is 0.377 e. The second kappa shape index (κ2) is 6.43. The van der Waals surface area contributed by atoms with Crippen molar-refractivity contribution in [2.45, 2.75) is 4.90 Å². The molecule has 0 amide bonds. The average Bonchev–Trinajstić information content (AvgIpc) is 2.37. The van der Waals surface area contributed by atoms with Crippen molar-refractivity contribution in [2.24, 2.45) is 0 Å². The van der Waals surface area contributed by atoms with Crippen molar-refractivity contribution >= 4 is 67.8 Å². The monoisotopic (exact) mass is 307 g/mol. The van der Waals surface area contributed by atoms with Gasteiger partial charge in [-0.05, 0) is 23.9 Å². The molecule has 0 aromatic heterocycles. The number of hydrogen-bond donors (Lipinski definition) is 1. The van der Waals surface area contributed by atoms with Gasteiger partial charge in [-0.3, -0.25) is 0 Å². The Morgan fingerprint density at radius 3 is 2.21 bits per heavy atom. The van der Waals surface area contributed by atoms with E-state index in [-0.39, 0.29) is 34.5 Å². The van der Waals surface area contributed by atoms with E-state index in [2.05, 4.69) is 0 Å². The summed E-state index contributed by atoms with van der Waals surface area (Å²) in [6.45, 7) is 0. The summed E-state index contributed by atoms with van der Waals surface area (Å²) in [6, 6.07) is 10.7. The Morgan fingerprint density at radius 2 is 1.63 bits per heavy atom. The molecule has 0 bridgehead atoms. The summed E-state index contributed by atoms with van der Waals surface area (Å²) in [4.78, 5) is 2.12. The number of fused-ring (bicyclic) bond motifs is 1. The molecule has 0 spiro atoms. The minimum absolute atomic E-state index is 0. The summed E-state index contributed by atoms with van der Waals surface area (Å²) in [7, 11) is 0.155. The number of hydrogen-bond acceptors (Lipinski definition) is 3. The quantitative estimate of drug-likeness (QED) is 0.696. The zero-order chi connectivity index (χ0) is 13.3. The molecular formula is C12H13ClN2NaO2S. The third kappa shape index (κ3) is 3.24. The van der Waals surface area contributed by atoms with Crippen molar-refractivity contribution in [1.29, 1.82) is 0 Å². The molecule has 4 nitrogen and oxygen atoms in total. The summed E-state index contributed by atoms with van der Waals surface area (Å²) >= 11 is 5.28. The normalized spacial score (nSPS) is 11.1. The SMILES string of the molecule is CN(C)c1cccc2c(S(=O)(=O)NCl)cccc12.[Na]. The van der Waals surface area contributed by atoms with Crippen LogP contribution in [0.5, 0.6) is 0 Å². The molecule has 2 aromatic rings. The van der Waals surface area contributed by atoms with Gasteiger partial charge >= 0.3 is 0 Å². The van der Waals surface area contributed by atoms with Gasteiger partial charge in [-0.1, -0.05) is 24.3 Å². The first-order valence-electron chi connectivity index (χ1n) is 5.29. The van der Waals surface area contributed by atoms with Gasteiger partial charge in [0.2, 0.25) is 0 Å². The minimum Gasteiger partial charge on any atom is -0.377 e. The van der Waals surface area contributed by atoms with Crippen LogP contribution in [-0.2, 0) is 10.0 Å². The molecule has 0 heterocycles. The number of anilines is 1. The van der Waals surface area contributed by atoms with Crippen LogP contribution in [0, 0.1) is 0 Å². The maximum absolute atomic E-state index is 11.8. The standard InChI is InChI=1S/C12H13ClN2O2S.Na/c1-15(2)11-7-3-6-10-9(11)5-4-8-12(10)18(16,17)14-13;/h3-8,14H,1-2H3;. The Hall–Kier alpha value is -0.300. The Morgan fingerprint density at radius 1 is 1.05 bits per heavy atom. The molecule has 0 aliphatic rings. The fourth-order valence-electron chi connectivity index (χ4n) is 1.93. The van der Waals surface area contributed by atoms with Crippen molar-refractivity contribution in [2.75, 3.05) is 19.0 Å². The van der Waals surface area contributed by atoms with Crippen molar-refractivity contribution < 1.29 is 8.42 Å². The Balaban J connectivity index is 0.00000180. The second-order valence-electron chi connectivity index (χ2n) is 4.10. The molecule has 19 heavy (non-hydrogen) atoms. The van der Waals surface area contributed by atoms with Gasteiger partial charge in [0.05, 0.1) is 4.90 Å². The first-order valence-corrected chi connectivity index (χ1v) is 7.15. The van der Waals surface area contributed by atoms with Gasteiger partial charge in [0, 0.05) is 60.1 Å². The first kappa shape index (κ1) is 16.8. The molecule has 0 saturated heterocycles. The summed E-state index contributed by atoms with van der Waals surface area (Å²) in [6.07, 6.45) is 0. The predicted octanol–water partition coefficient (Wildman–Crippen LogP) is 1.96. The van der Waals surface area contributed by atoms with Crippen LogP contribution in [0.3, 0.4) is 0 Å². The summed E-state index contributed by atoms with van der Waals surface area (Å²) < 4.78 is 25.5. The van der Waals surface area contributed by atoms with Crippen LogP contribution in [0.15, 0.2) is 41.3 Å². The predicted molar refractivity (Wildman–Crippen MR) is 80.2 cm³/mol. The molecule has 0 aliphatic carbocycles. The van der Waals surface area contributed by atoms with Gasteiger partial charge in [-0.15, -0.1) is 4.24 Å². The molecule has 2 aromatic carbocycles. The van der Waals surface area contributed by atoms with E-state index in [1.165, 1.54) is 6.07 Å². The first-order chi connectivity index (χ1) is 8.47. The zero-order valence-corrected chi connectivity index (χ0v) is 14.6. The topological polar surface area (TPSA) is 49.4 Å². The van der Waals surface area contributed by atoms with Gasteiger partial charge in [0.25, 0.3) is 10.0 Å². The van der Waals surface area contributed by atoms with Gasteiger partial charge < -0.3 is 4.90 Å². The zero-order valence-electron chi connectivity index (χ0n) is 11.0. The van der Waals surface area contributed by atoms with E-state index in [4.69, 9.17) is 11.8 Å². The molecule has 0 fully saturated rings. The number of rotatable bonds is 3. The second-order valence-corrected chi connectivity index (χ2v) is 6.17. The van der Waals surface area contributed by atoms with Crippen LogP contribution >= 0.6 is 11.8 Å². The Labute approximate surface area is 140 Å². The van der Waals surface area contributed by atoms with E-state index in [0.717, 1.165) is 11.1 Å². The minimum atomic E-state index is -3.67. The van der Waals surface area contributed by atoms with E-state index >= 15 is 0 Å². The fraction of sp³-hybridized carbons (Fsp3) is 0.167. The summed E-state index contributed by atoms with van der Waals surface area (Å²) in [5, 5.41) is 1.52. The molecule has 0 aliphatic heterocycles. The van der Waals surface area contributed by atoms with Gasteiger partial charge in [0.1, 0.15) is 0 Å². The number of halogens is 1.